The van der Waals surface area contributed by atoms with Gasteiger partial charge in [0.05, 0.1) is 7.11 Å². The van der Waals surface area contributed by atoms with E-state index < -0.39 is 0 Å². The number of thiophene rings is 1. The number of anilines is 1. The minimum absolute atomic E-state index is 0.327. The Hall–Kier alpha value is -2.07. The molecule has 3 aromatic rings. The molecular weight excluding hydrogens is 280 g/mol. The monoisotopic (exact) mass is 298 g/mol. The Kier molecular flexibility index (Phi) is 4.06. The third-order valence-electron chi connectivity index (χ3n) is 3.44. The summed E-state index contributed by atoms with van der Waals surface area (Å²) in [6.07, 6.45) is 2.84. The highest BCUT2D eigenvalue weighted by molar-refractivity contribution is 7.09. The van der Waals surface area contributed by atoms with Gasteiger partial charge < -0.3 is 10.1 Å². The molecule has 0 aliphatic carbocycles. The largest absolute Gasteiger partial charge is 0.497 e. The van der Waals surface area contributed by atoms with Crippen LogP contribution in [-0.2, 0) is 6.42 Å². The van der Waals surface area contributed by atoms with Gasteiger partial charge in [-0.05, 0) is 42.0 Å². The van der Waals surface area contributed by atoms with Crippen molar-refractivity contribution in [3.63, 3.8) is 0 Å². The topological polar surface area (TPSA) is 34.1 Å². The van der Waals surface area contributed by atoms with Crippen LogP contribution in [0.5, 0.6) is 5.75 Å². The van der Waals surface area contributed by atoms with E-state index in [1.165, 1.54) is 4.88 Å². The molecule has 2 heterocycles. The van der Waals surface area contributed by atoms with Gasteiger partial charge in [0.2, 0.25) is 0 Å². The van der Waals surface area contributed by atoms with Crippen LogP contribution in [0.4, 0.5) is 5.82 Å². The van der Waals surface area contributed by atoms with Crippen molar-refractivity contribution in [2.24, 2.45) is 0 Å². The SMILES string of the molecule is COc1ccc2ccnc(NC(C)Cc3cccs3)c2c1. The summed E-state index contributed by atoms with van der Waals surface area (Å²) >= 11 is 1.79. The van der Waals surface area contributed by atoms with E-state index >= 15 is 0 Å². The van der Waals surface area contributed by atoms with Crippen LogP contribution in [0.1, 0.15) is 11.8 Å². The smallest absolute Gasteiger partial charge is 0.134 e. The van der Waals surface area contributed by atoms with Gasteiger partial charge in [-0.2, -0.15) is 0 Å². The minimum atomic E-state index is 0.327. The summed E-state index contributed by atoms with van der Waals surface area (Å²) in [5, 5.41) is 7.88. The number of hydrogen-bond donors (Lipinski definition) is 1. The molecule has 0 aliphatic heterocycles. The van der Waals surface area contributed by atoms with E-state index in [0.717, 1.165) is 28.8 Å². The van der Waals surface area contributed by atoms with Crippen molar-refractivity contribution in [2.75, 3.05) is 12.4 Å². The van der Waals surface area contributed by atoms with Crippen LogP contribution in [0.3, 0.4) is 0 Å². The molecule has 0 aliphatic rings. The molecule has 4 heteroatoms. The maximum absolute atomic E-state index is 5.31. The fraction of sp³-hybridized carbons (Fsp3) is 0.235. The van der Waals surface area contributed by atoms with E-state index in [1.807, 2.05) is 24.4 Å². The van der Waals surface area contributed by atoms with E-state index in [0.29, 0.717) is 6.04 Å². The minimum Gasteiger partial charge on any atom is -0.497 e. The second-order valence-electron chi connectivity index (χ2n) is 5.08. The normalized spacial score (nSPS) is 12.3. The van der Waals surface area contributed by atoms with Gasteiger partial charge in [-0.1, -0.05) is 12.1 Å². The van der Waals surface area contributed by atoms with E-state index in [-0.39, 0.29) is 0 Å². The number of benzene rings is 1. The molecule has 0 radical (unpaired) electrons. The lowest BCUT2D eigenvalue weighted by Gasteiger charge is -2.15. The number of aromatic nitrogens is 1. The fourth-order valence-corrected chi connectivity index (χ4v) is 3.24. The molecule has 1 unspecified atom stereocenters. The highest BCUT2D eigenvalue weighted by atomic mass is 32.1. The van der Waals surface area contributed by atoms with Gasteiger partial charge in [-0.25, -0.2) is 4.98 Å². The average Bonchev–Trinajstić information content (AvgIpc) is 3.00. The number of hydrogen-bond acceptors (Lipinski definition) is 4. The Morgan fingerprint density at radius 3 is 2.95 bits per heavy atom. The molecule has 0 fully saturated rings. The number of fused-ring (bicyclic) bond motifs is 1. The Bertz CT molecular complexity index is 725. The standard InChI is InChI=1S/C17H18N2OS/c1-12(10-15-4-3-9-21-15)19-17-16-11-14(20-2)6-5-13(16)7-8-18-17/h3-9,11-12H,10H2,1-2H3,(H,18,19). The second-order valence-corrected chi connectivity index (χ2v) is 6.11. The lowest BCUT2D eigenvalue weighted by molar-refractivity contribution is 0.415. The molecule has 108 valence electrons. The third-order valence-corrected chi connectivity index (χ3v) is 4.34. The zero-order valence-electron chi connectivity index (χ0n) is 12.2. The van der Waals surface area contributed by atoms with Crippen LogP contribution in [0.25, 0.3) is 10.8 Å². The van der Waals surface area contributed by atoms with Gasteiger partial charge in [0.25, 0.3) is 0 Å². The first-order valence-electron chi connectivity index (χ1n) is 6.98. The molecule has 0 bridgehead atoms. The molecule has 3 nitrogen and oxygen atoms in total. The van der Waals surface area contributed by atoms with Crippen LogP contribution in [0.2, 0.25) is 0 Å². The van der Waals surface area contributed by atoms with Crippen molar-refractivity contribution < 1.29 is 4.74 Å². The maximum Gasteiger partial charge on any atom is 0.134 e. The Labute approximate surface area is 128 Å². The van der Waals surface area contributed by atoms with Crippen LogP contribution in [0.15, 0.2) is 48.0 Å². The molecule has 0 saturated heterocycles. The number of pyridine rings is 1. The van der Waals surface area contributed by atoms with E-state index in [2.05, 4.69) is 40.8 Å². The van der Waals surface area contributed by atoms with Crippen molar-refractivity contribution in [1.29, 1.82) is 0 Å². The maximum atomic E-state index is 5.31. The van der Waals surface area contributed by atoms with Crippen molar-refractivity contribution in [2.45, 2.75) is 19.4 Å². The van der Waals surface area contributed by atoms with Gasteiger partial charge >= 0.3 is 0 Å². The average molecular weight is 298 g/mol. The van der Waals surface area contributed by atoms with Crippen molar-refractivity contribution in [3.05, 3.63) is 52.9 Å². The Morgan fingerprint density at radius 2 is 2.19 bits per heavy atom. The van der Waals surface area contributed by atoms with Gasteiger partial charge in [0.1, 0.15) is 11.6 Å². The predicted octanol–water partition coefficient (Wildman–Crippen LogP) is 4.35. The summed E-state index contributed by atoms with van der Waals surface area (Å²) in [4.78, 5) is 5.87. The summed E-state index contributed by atoms with van der Waals surface area (Å²) in [6.45, 7) is 2.18. The van der Waals surface area contributed by atoms with Crippen LogP contribution < -0.4 is 10.1 Å². The highest BCUT2D eigenvalue weighted by Crippen LogP contribution is 2.26. The van der Waals surface area contributed by atoms with Gasteiger partial charge in [0, 0.05) is 28.9 Å². The molecular formula is C17H18N2OS. The first-order chi connectivity index (χ1) is 10.3. The molecule has 0 saturated carbocycles. The number of ether oxygens (including phenoxy) is 1. The zero-order chi connectivity index (χ0) is 14.7. The lowest BCUT2D eigenvalue weighted by Crippen LogP contribution is -2.18. The first-order valence-corrected chi connectivity index (χ1v) is 7.86. The predicted molar refractivity (Wildman–Crippen MR) is 89.4 cm³/mol. The molecule has 1 N–H and O–H groups in total. The summed E-state index contributed by atoms with van der Waals surface area (Å²) in [7, 11) is 1.68. The van der Waals surface area contributed by atoms with Crippen molar-refractivity contribution in [1.82, 2.24) is 4.98 Å². The van der Waals surface area contributed by atoms with Crippen LogP contribution in [0, 0.1) is 0 Å². The molecule has 1 aromatic carbocycles. The molecule has 1 atom stereocenters. The summed E-state index contributed by atoms with van der Waals surface area (Å²) in [6, 6.07) is 12.7. The zero-order valence-corrected chi connectivity index (χ0v) is 13.0. The number of nitrogens with zero attached hydrogens (tertiary/aromatic N) is 1. The molecule has 0 spiro atoms. The molecule has 3 rings (SSSR count). The van der Waals surface area contributed by atoms with Crippen LogP contribution >= 0.6 is 11.3 Å². The first kappa shape index (κ1) is 13.9. The van der Waals surface area contributed by atoms with Gasteiger partial charge in [-0.3, -0.25) is 0 Å². The Morgan fingerprint density at radius 1 is 1.29 bits per heavy atom. The van der Waals surface area contributed by atoms with E-state index in [1.54, 1.807) is 18.4 Å². The van der Waals surface area contributed by atoms with Gasteiger partial charge in [0.15, 0.2) is 0 Å². The van der Waals surface area contributed by atoms with E-state index in [4.69, 9.17) is 4.74 Å². The van der Waals surface area contributed by atoms with Crippen molar-refractivity contribution >= 4 is 27.9 Å². The van der Waals surface area contributed by atoms with Gasteiger partial charge in [-0.15, -0.1) is 11.3 Å². The van der Waals surface area contributed by atoms with Crippen LogP contribution in [-0.4, -0.2) is 18.1 Å². The highest BCUT2D eigenvalue weighted by Gasteiger charge is 2.09. The fourth-order valence-electron chi connectivity index (χ4n) is 2.40. The molecule has 2 aromatic heterocycles. The van der Waals surface area contributed by atoms with Crippen molar-refractivity contribution in [3.8, 4) is 5.75 Å². The summed E-state index contributed by atoms with van der Waals surface area (Å²) in [5.41, 5.74) is 0. The molecule has 21 heavy (non-hydrogen) atoms. The third kappa shape index (κ3) is 3.16. The quantitative estimate of drug-likeness (QED) is 0.760. The van der Waals surface area contributed by atoms with E-state index in [9.17, 15) is 0 Å². The summed E-state index contributed by atoms with van der Waals surface area (Å²) < 4.78 is 5.31. The Balaban J connectivity index is 1.85. The summed E-state index contributed by atoms with van der Waals surface area (Å²) in [5.74, 6) is 1.76. The second kappa shape index (κ2) is 6.14. The number of nitrogens with one attached hydrogen (secondary N) is 1. The number of methoxy groups -OCH3 is 1. The molecule has 0 amide bonds. The number of rotatable bonds is 5. The lowest BCUT2D eigenvalue weighted by atomic mass is 10.1.